The maximum Gasteiger partial charge on any atom is 0.269 e. The van der Waals surface area contributed by atoms with E-state index in [1.807, 2.05) is 0 Å². The van der Waals surface area contributed by atoms with Gasteiger partial charge in [-0.25, -0.2) is 8.42 Å². The minimum Gasteiger partial charge on any atom is -0.258 e. The summed E-state index contributed by atoms with van der Waals surface area (Å²) in [4.78, 5) is 10.2. The lowest BCUT2D eigenvalue weighted by molar-refractivity contribution is -0.384. The average molecular weight is 296 g/mol. The van der Waals surface area contributed by atoms with Crippen LogP contribution in [0.1, 0.15) is 32.1 Å². The summed E-state index contributed by atoms with van der Waals surface area (Å²) in [6.45, 7) is 0. The Bertz CT molecular complexity index is 614. The fourth-order valence-corrected chi connectivity index (χ4v) is 4.92. The van der Waals surface area contributed by atoms with Gasteiger partial charge in [0.05, 0.1) is 9.82 Å². The summed E-state index contributed by atoms with van der Waals surface area (Å²) in [5.41, 5.74) is -0.0936. The second kappa shape index (κ2) is 4.82. The Balaban J connectivity index is 1.84. The van der Waals surface area contributed by atoms with Crippen LogP contribution in [0.25, 0.3) is 0 Å². The largest absolute Gasteiger partial charge is 0.269 e. The van der Waals surface area contributed by atoms with E-state index in [9.17, 15) is 18.5 Å². The van der Waals surface area contributed by atoms with Crippen molar-refractivity contribution in [2.24, 2.45) is 0 Å². The number of rotatable bonds is 3. The number of hydrogen-bond donors (Lipinski definition) is 0. The lowest BCUT2D eigenvalue weighted by atomic mass is 10.2. The average Bonchev–Trinajstić information content (AvgIpc) is 3.13. The van der Waals surface area contributed by atoms with Gasteiger partial charge in [-0.1, -0.05) is 19.3 Å². The fourth-order valence-electron chi connectivity index (χ4n) is 3.05. The summed E-state index contributed by atoms with van der Waals surface area (Å²) in [6.07, 6.45) is 5.19. The molecule has 1 aromatic carbocycles. The second-order valence-corrected chi connectivity index (χ2v) is 7.20. The zero-order chi connectivity index (χ0) is 14.3. The maximum absolute atomic E-state index is 12.5. The molecule has 20 heavy (non-hydrogen) atoms. The molecule has 1 heterocycles. The second-order valence-electron chi connectivity index (χ2n) is 5.36. The van der Waals surface area contributed by atoms with Crippen molar-refractivity contribution < 1.29 is 13.3 Å². The fraction of sp³-hybridized carbons (Fsp3) is 0.538. The van der Waals surface area contributed by atoms with Crippen LogP contribution in [0.2, 0.25) is 0 Å². The molecule has 1 aromatic rings. The summed E-state index contributed by atoms with van der Waals surface area (Å²) < 4.78 is 26.6. The molecular weight excluding hydrogens is 280 g/mol. The summed E-state index contributed by atoms with van der Waals surface area (Å²) in [7, 11) is -3.50. The van der Waals surface area contributed by atoms with E-state index in [2.05, 4.69) is 0 Å². The number of fused-ring (bicyclic) bond motifs is 1. The van der Waals surface area contributed by atoms with Crippen LogP contribution in [0.5, 0.6) is 0 Å². The van der Waals surface area contributed by atoms with Gasteiger partial charge < -0.3 is 0 Å². The summed E-state index contributed by atoms with van der Waals surface area (Å²) >= 11 is 0. The molecule has 1 aliphatic heterocycles. The van der Waals surface area contributed by atoms with Crippen LogP contribution >= 0.6 is 0 Å². The molecule has 108 valence electrons. The van der Waals surface area contributed by atoms with E-state index in [0.717, 1.165) is 25.7 Å². The van der Waals surface area contributed by atoms with Crippen LogP contribution in [0.15, 0.2) is 29.2 Å². The molecule has 0 bridgehead atoms. The van der Waals surface area contributed by atoms with Gasteiger partial charge in [0.1, 0.15) is 0 Å². The van der Waals surface area contributed by atoms with E-state index >= 15 is 0 Å². The first-order valence-electron chi connectivity index (χ1n) is 6.80. The Morgan fingerprint density at radius 3 is 2.10 bits per heavy atom. The summed E-state index contributed by atoms with van der Waals surface area (Å²) in [5.74, 6) is 0. The molecule has 1 aliphatic carbocycles. The number of nitro benzene ring substituents is 1. The molecular formula is C13H16N2O4S. The number of sulfonamides is 1. The minimum absolute atomic E-state index is 0.0936. The van der Waals surface area contributed by atoms with Crippen LogP contribution in [0.4, 0.5) is 5.69 Å². The first-order valence-corrected chi connectivity index (χ1v) is 8.24. The highest BCUT2D eigenvalue weighted by atomic mass is 32.2. The molecule has 0 N–H and O–H groups in total. The van der Waals surface area contributed by atoms with Gasteiger partial charge in [-0.15, -0.1) is 0 Å². The van der Waals surface area contributed by atoms with Gasteiger partial charge >= 0.3 is 0 Å². The Kier molecular flexibility index (Phi) is 3.25. The highest BCUT2D eigenvalue weighted by Gasteiger charge is 2.54. The molecule has 3 rings (SSSR count). The Labute approximate surface area is 117 Å². The SMILES string of the molecule is O=[N+]([O-])c1ccc(S(=O)(=O)N2C3CCCCCC32)cc1. The van der Waals surface area contributed by atoms with Crippen molar-refractivity contribution in [3.05, 3.63) is 34.4 Å². The van der Waals surface area contributed by atoms with E-state index in [0.29, 0.717) is 0 Å². The van der Waals surface area contributed by atoms with Crippen molar-refractivity contribution in [3.8, 4) is 0 Å². The Morgan fingerprint density at radius 2 is 1.60 bits per heavy atom. The lowest BCUT2D eigenvalue weighted by Crippen LogP contribution is -2.16. The lowest BCUT2D eigenvalue weighted by Gasteiger charge is -2.08. The Morgan fingerprint density at radius 1 is 1.05 bits per heavy atom. The molecule has 2 aliphatic rings. The standard InChI is InChI=1S/C13H16N2O4S/c16-15(17)10-6-8-11(9-7-10)20(18,19)14-12-4-2-1-3-5-13(12)14/h6-9,12-13H,1-5H2. The molecule has 0 aromatic heterocycles. The molecule has 0 spiro atoms. The van der Waals surface area contributed by atoms with Crippen LogP contribution < -0.4 is 0 Å². The topological polar surface area (TPSA) is 80.3 Å². The van der Waals surface area contributed by atoms with Gasteiger partial charge in [-0.2, -0.15) is 4.31 Å². The normalized spacial score (nSPS) is 29.3. The predicted molar refractivity (Wildman–Crippen MR) is 72.8 cm³/mol. The van der Waals surface area contributed by atoms with Crippen LogP contribution in [-0.2, 0) is 10.0 Å². The highest BCUT2D eigenvalue weighted by Crippen LogP contribution is 2.43. The van der Waals surface area contributed by atoms with E-state index in [-0.39, 0.29) is 22.7 Å². The van der Waals surface area contributed by atoms with Crippen molar-refractivity contribution in [1.29, 1.82) is 0 Å². The first kappa shape index (κ1) is 13.5. The molecule has 7 heteroatoms. The quantitative estimate of drug-likeness (QED) is 0.487. The van der Waals surface area contributed by atoms with Crippen molar-refractivity contribution in [2.45, 2.75) is 49.1 Å². The highest BCUT2D eigenvalue weighted by molar-refractivity contribution is 7.89. The molecule has 1 saturated heterocycles. The molecule has 0 radical (unpaired) electrons. The van der Waals surface area contributed by atoms with Gasteiger partial charge in [0.15, 0.2) is 0 Å². The van der Waals surface area contributed by atoms with Gasteiger partial charge in [0.25, 0.3) is 5.69 Å². The predicted octanol–water partition coefficient (Wildman–Crippen LogP) is 2.30. The van der Waals surface area contributed by atoms with Crippen LogP contribution in [0.3, 0.4) is 0 Å². The minimum atomic E-state index is -3.50. The number of benzene rings is 1. The van der Waals surface area contributed by atoms with Crippen molar-refractivity contribution in [2.75, 3.05) is 0 Å². The van der Waals surface area contributed by atoms with Gasteiger partial charge in [-0.05, 0) is 25.0 Å². The van der Waals surface area contributed by atoms with Crippen molar-refractivity contribution in [3.63, 3.8) is 0 Å². The van der Waals surface area contributed by atoms with Gasteiger partial charge in [0, 0.05) is 24.2 Å². The zero-order valence-electron chi connectivity index (χ0n) is 10.9. The number of nitrogens with zero attached hydrogens (tertiary/aromatic N) is 2. The monoisotopic (exact) mass is 296 g/mol. The smallest absolute Gasteiger partial charge is 0.258 e. The molecule has 2 unspecified atom stereocenters. The summed E-state index contributed by atoms with van der Waals surface area (Å²) in [6, 6.07) is 5.41. The van der Waals surface area contributed by atoms with E-state index in [1.165, 1.54) is 30.7 Å². The van der Waals surface area contributed by atoms with Crippen molar-refractivity contribution in [1.82, 2.24) is 4.31 Å². The molecule has 0 amide bonds. The first-order chi connectivity index (χ1) is 9.51. The van der Waals surface area contributed by atoms with E-state index in [4.69, 9.17) is 0 Å². The maximum atomic E-state index is 12.5. The third kappa shape index (κ3) is 2.20. The number of nitro groups is 1. The molecule has 6 nitrogen and oxygen atoms in total. The zero-order valence-corrected chi connectivity index (χ0v) is 11.8. The molecule has 1 saturated carbocycles. The van der Waals surface area contributed by atoms with E-state index < -0.39 is 14.9 Å². The van der Waals surface area contributed by atoms with Crippen LogP contribution in [-0.4, -0.2) is 29.7 Å². The number of hydrogen-bond acceptors (Lipinski definition) is 4. The third-order valence-electron chi connectivity index (χ3n) is 4.13. The molecule has 2 atom stereocenters. The Hall–Kier alpha value is -1.47. The van der Waals surface area contributed by atoms with Gasteiger partial charge in [0.2, 0.25) is 10.0 Å². The van der Waals surface area contributed by atoms with Crippen LogP contribution in [0, 0.1) is 10.1 Å². The van der Waals surface area contributed by atoms with Crippen molar-refractivity contribution >= 4 is 15.7 Å². The van der Waals surface area contributed by atoms with Gasteiger partial charge in [-0.3, -0.25) is 10.1 Å². The third-order valence-corrected chi connectivity index (χ3v) is 6.10. The van der Waals surface area contributed by atoms with E-state index in [1.54, 1.807) is 4.31 Å². The number of non-ortho nitro benzene ring substituents is 1. The molecule has 2 fully saturated rings. The summed E-state index contributed by atoms with van der Waals surface area (Å²) in [5, 5.41) is 10.6.